The number of anilines is 1. The number of aryl methyl sites for hydroxylation is 1. The van der Waals surface area contributed by atoms with E-state index in [1.165, 1.54) is 17.3 Å². The predicted molar refractivity (Wildman–Crippen MR) is 147 cm³/mol. The Labute approximate surface area is 229 Å². The number of hydrogen-bond acceptors (Lipinski definition) is 6. The summed E-state index contributed by atoms with van der Waals surface area (Å²) >= 11 is 0. The number of imide groups is 1. The van der Waals surface area contributed by atoms with E-state index in [0.717, 1.165) is 10.5 Å². The van der Waals surface area contributed by atoms with Crippen LogP contribution in [0.5, 0.6) is 0 Å². The van der Waals surface area contributed by atoms with Gasteiger partial charge in [0.15, 0.2) is 0 Å². The number of nitrogens with one attached hydrogen (secondary N) is 2. The van der Waals surface area contributed by atoms with Crippen molar-refractivity contribution in [3.8, 4) is 0 Å². The maximum absolute atomic E-state index is 13.5. The molecule has 0 unspecified atom stereocenters. The van der Waals surface area contributed by atoms with Crippen LogP contribution in [0.15, 0.2) is 47.4 Å². The number of nitrogens with zero attached hydrogens (tertiary/aromatic N) is 2. The molecule has 2 aliphatic heterocycles. The lowest BCUT2D eigenvalue weighted by Gasteiger charge is -2.27. The molecule has 0 bridgehead atoms. The van der Waals surface area contributed by atoms with Crippen LogP contribution in [0.3, 0.4) is 0 Å². The fourth-order valence-corrected chi connectivity index (χ4v) is 6.42. The molecule has 2 heterocycles. The fourth-order valence-electron chi connectivity index (χ4n) is 4.76. The van der Waals surface area contributed by atoms with E-state index >= 15 is 0 Å². The monoisotopic (exact) mass is 556 g/mol. The summed E-state index contributed by atoms with van der Waals surface area (Å²) in [5.74, 6) is -1.16. The highest BCUT2D eigenvalue weighted by molar-refractivity contribution is 7.89. The van der Waals surface area contributed by atoms with Crippen molar-refractivity contribution in [3.63, 3.8) is 0 Å². The minimum atomic E-state index is -3.79. The number of amides is 4. The summed E-state index contributed by atoms with van der Waals surface area (Å²) in [4.78, 5) is 40.6. The van der Waals surface area contributed by atoms with Crippen LogP contribution in [-0.4, -0.2) is 67.8 Å². The van der Waals surface area contributed by atoms with Gasteiger partial charge in [-0.05, 0) is 55.0 Å². The Morgan fingerprint density at radius 1 is 1.08 bits per heavy atom. The first-order valence-corrected chi connectivity index (χ1v) is 14.4. The van der Waals surface area contributed by atoms with E-state index in [-0.39, 0.29) is 29.1 Å². The minimum absolute atomic E-state index is 0.0711. The molecular weight excluding hydrogens is 520 g/mol. The quantitative estimate of drug-likeness (QED) is 0.527. The third-order valence-electron chi connectivity index (χ3n) is 7.36. The Balaban J connectivity index is 1.53. The number of rotatable bonds is 6. The van der Waals surface area contributed by atoms with Gasteiger partial charge in [-0.1, -0.05) is 51.1 Å². The minimum Gasteiger partial charge on any atom is -0.379 e. The average molecular weight is 557 g/mol. The summed E-state index contributed by atoms with van der Waals surface area (Å²) in [6.07, 6.45) is 0. The van der Waals surface area contributed by atoms with E-state index in [1.807, 2.05) is 24.3 Å². The van der Waals surface area contributed by atoms with Gasteiger partial charge in [0.2, 0.25) is 15.9 Å². The van der Waals surface area contributed by atoms with E-state index in [2.05, 4.69) is 31.4 Å². The topological polar surface area (TPSA) is 125 Å². The molecule has 4 amide bonds. The molecule has 2 atom stereocenters. The van der Waals surface area contributed by atoms with Crippen molar-refractivity contribution in [2.75, 3.05) is 31.6 Å². The molecular formula is C28H36N4O6S. The van der Waals surface area contributed by atoms with Gasteiger partial charge in [-0.15, -0.1) is 0 Å². The van der Waals surface area contributed by atoms with Gasteiger partial charge >= 0.3 is 6.03 Å². The molecule has 10 nitrogen and oxygen atoms in total. The molecule has 0 spiro atoms. The van der Waals surface area contributed by atoms with Gasteiger partial charge in [0, 0.05) is 18.8 Å². The summed E-state index contributed by atoms with van der Waals surface area (Å²) in [6.45, 7) is 12.2. The Morgan fingerprint density at radius 3 is 2.28 bits per heavy atom. The van der Waals surface area contributed by atoms with Crippen LogP contribution < -0.4 is 10.6 Å². The molecule has 0 aromatic heterocycles. The van der Waals surface area contributed by atoms with Crippen molar-refractivity contribution < 1.29 is 27.5 Å². The van der Waals surface area contributed by atoms with Gasteiger partial charge in [-0.2, -0.15) is 4.31 Å². The average Bonchev–Trinajstić information content (AvgIpc) is 3.13. The van der Waals surface area contributed by atoms with Crippen LogP contribution in [0.2, 0.25) is 0 Å². The van der Waals surface area contributed by atoms with E-state index in [9.17, 15) is 22.8 Å². The first-order chi connectivity index (χ1) is 18.2. The molecule has 11 heteroatoms. The lowest BCUT2D eigenvalue weighted by Crippen LogP contribution is -2.47. The summed E-state index contributed by atoms with van der Waals surface area (Å²) < 4.78 is 33.0. The standard InChI is InChI=1S/C28H36N4O6S/c1-18-7-12-22(17-23(18)39(36,37)31-13-15-38-16-14-31)29-24(33)19(2)32-25(34)28(6,30-26(32)35)21-10-8-20(9-11-21)27(3,4)5/h7-12,17,19H,13-16H2,1-6H3,(H,29,33)(H,30,35)/t19-,28+/m1/s1. The highest BCUT2D eigenvalue weighted by Crippen LogP contribution is 2.32. The number of sulfonamides is 1. The summed E-state index contributed by atoms with van der Waals surface area (Å²) in [5.41, 5.74) is 1.08. The third-order valence-corrected chi connectivity index (χ3v) is 9.40. The highest BCUT2D eigenvalue weighted by Gasteiger charge is 2.51. The number of carbonyl (C=O) groups excluding carboxylic acids is 3. The van der Waals surface area contributed by atoms with Crippen molar-refractivity contribution in [2.24, 2.45) is 0 Å². The lowest BCUT2D eigenvalue weighted by molar-refractivity contribution is -0.136. The Morgan fingerprint density at radius 2 is 1.69 bits per heavy atom. The maximum atomic E-state index is 13.5. The molecule has 39 heavy (non-hydrogen) atoms. The fraction of sp³-hybridized carbons (Fsp3) is 0.464. The van der Waals surface area contributed by atoms with Gasteiger partial charge < -0.3 is 15.4 Å². The van der Waals surface area contributed by atoms with Crippen molar-refractivity contribution in [1.82, 2.24) is 14.5 Å². The highest BCUT2D eigenvalue weighted by atomic mass is 32.2. The smallest absolute Gasteiger partial charge is 0.326 e. The van der Waals surface area contributed by atoms with Crippen molar-refractivity contribution in [1.29, 1.82) is 0 Å². The molecule has 2 aromatic rings. The van der Waals surface area contributed by atoms with Crippen LogP contribution in [0, 0.1) is 6.92 Å². The van der Waals surface area contributed by atoms with Crippen LogP contribution in [-0.2, 0) is 35.3 Å². The van der Waals surface area contributed by atoms with Gasteiger partial charge in [0.25, 0.3) is 5.91 Å². The summed E-state index contributed by atoms with van der Waals surface area (Å²) in [6, 6.07) is 10.3. The molecule has 0 radical (unpaired) electrons. The number of urea groups is 1. The molecule has 210 valence electrons. The summed E-state index contributed by atoms with van der Waals surface area (Å²) in [7, 11) is -3.79. The third kappa shape index (κ3) is 5.43. The van der Waals surface area contributed by atoms with Gasteiger partial charge in [0.05, 0.1) is 18.1 Å². The van der Waals surface area contributed by atoms with E-state index in [0.29, 0.717) is 24.3 Å². The van der Waals surface area contributed by atoms with Crippen molar-refractivity contribution in [2.45, 2.75) is 63.4 Å². The van der Waals surface area contributed by atoms with Crippen LogP contribution in [0.4, 0.5) is 10.5 Å². The number of ether oxygens (including phenoxy) is 1. The van der Waals surface area contributed by atoms with Crippen LogP contribution in [0.1, 0.15) is 51.3 Å². The predicted octanol–water partition coefficient (Wildman–Crippen LogP) is 3.11. The van der Waals surface area contributed by atoms with Crippen molar-refractivity contribution >= 4 is 33.6 Å². The lowest BCUT2D eigenvalue weighted by atomic mass is 9.84. The molecule has 2 saturated heterocycles. The van der Waals surface area contributed by atoms with E-state index in [1.54, 1.807) is 26.0 Å². The Bertz CT molecular complexity index is 1390. The zero-order chi connectivity index (χ0) is 28.8. The SMILES string of the molecule is Cc1ccc(NC(=O)[C@@H](C)N2C(=O)N[C@@](C)(c3ccc(C(C)(C)C)cc3)C2=O)cc1S(=O)(=O)N1CCOCC1. The normalized spacial score (nSPS) is 21.5. The van der Waals surface area contributed by atoms with Gasteiger partial charge in [-0.3, -0.25) is 9.59 Å². The molecule has 0 saturated carbocycles. The van der Waals surface area contributed by atoms with Crippen LogP contribution >= 0.6 is 0 Å². The second-order valence-corrected chi connectivity index (χ2v) is 13.1. The number of hydrogen-bond donors (Lipinski definition) is 2. The zero-order valence-corrected chi connectivity index (χ0v) is 24.0. The molecule has 0 aliphatic carbocycles. The second-order valence-electron chi connectivity index (χ2n) is 11.2. The number of carbonyl (C=O) groups is 3. The number of benzene rings is 2. The molecule has 2 N–H and O–H groups in total. The molecule has 2 aromatic carbocycles. The summed E-state index contributed by atoms with van der Waals surface area (Å²) in [5, 5.41) is 5.41. The Hall–Kier alpha value is -3.28. The molecule has 2 aliphatic rings. The van der Waals surface area contributed by atoms with E-state index in [4.69, 9.17) is 4.74 Å². The Kier molecular flexibility index (Phi) is 7.63. The first kappa shape index (κ1) is 28.7. The zero-order valence-electron chi connectivity index (χ0n) is 23.2. The molecule has 4 rings (SSSR count). The second kappa shape index (κ2) is 10.4. The maximum Gasteiger partial charge on any atom is 0.326 e. The number of morpholine rings is 1. The van der Waals surface area contributed by atoms with Gasteiger partial charge in [-0.25, -0.2) is 18.1 Å². The van der Waals surface area contributed by atoms with E-state index < -0.39 is 39.4 Å². The first-order valence-electron chi connectivity index (χ1n) is 12.9. The largest absolute Gasteiger partial charge is 0.379 e. The van der Waals surface area contributed by atoms with Crippen molar-refractivity contribution in [3.05, 3.63) is 59.2 Å². The molecule has 2 fully saturated rings. The van der Waals surface area contributed by atoms with Gasteiger partial charge in [0.1, 0.15) is 11.6 Å². The van der Waals surface area contributed by atoms with Crippen LogP contribution in [0.25, 0.3) is 0 Å².